The standard InChI is InChI=1S/C28H39NO5Si/c1-27(2,3)34-26(32)29-18-17-21(25(30)31)19-22(29)20-33-35(28(4,5)6,23-13-9-7-10-14-23)24-15-11-8-12-16-24/h7-16,21-22H,17-20H2,1-6H3,(H,30,31)/t21-,22-/m1/s1. The molecule has 0 unspecified atom stereocenters. The first kappa shape index (κ1) is 27.0. The van der Waals surface area contributed by atoms with Gasteiger partial charge in [-0.25, -0.2) is 4.79 Å². The van der Waals surface area contributed by atoms with Crippen LogP contribution in [0.15, 0.2) is 60.7 Å². The molecule has 0 aliphatic carbocycles. The molecule has 0 aromatic heterocycles. The first-order chi connectivity index (χ1) is 16.3. The monoisotopic (exact) mass is 497 g/mol. The number of benzene rings is 2. The molecule has 1 saturated heterocycles. The number of carboxylic acid groups (broad SMARTS) is 1. The highest BCUT2D eigenvalue weighted by atomic mass is 28.4. The molecule has 1 fully saturated rings. The number of piperidine rings is 1. The van der Waals surface area contributed by atoms with Crippen LogP contribution < -0.4 is 10.4 Å². The Morgan fingerprint density at radius 3 is 1.89 bits per heavy atom. The zero-order valence-corrected chi connectivity index (χ0v) is 22.8. The molecule has 35 heavy (non-hydrogen) atoms. The predicted octanol–water partition coefficient (Wildman–Crippen LogP) is 4.66. The van der Waals surface area contributed by atoms with Crippen molar-refractivity contribution >= 4 is 30.8 Å². The maximum absolute atomic E-state index is 13.1. The molecule has 2 atom stereocenters. The molecule has 1 amide bonds. The van der Waals surface area contributed by atoms with E-state index in [0.717, 1.165) is 10.4 Å². The lowest BCUT2D eigenvalue weighted by Gasteiger charge is -2.45. The van der Waals surface area contributed by atoms with E-state index in [1.54, 1.807) is 4.90 Å². The highest BCUT2D eigenvalue weighted by molar-refractivity contribution is 6.99. The van der Waals surface area contributed by atoms with Crippen molar-refractivity contribution in [2.24, 2.45) is 5.92 Å². The lowest BCUT2D eigenvalue weighted by Crippen LogP contribution is -2.67. The minimum Gasteiger partial charge on any atom is -0.481 e. The van der Waals surface area contributed by atoms with E-state index in [4.69, 9.17) is 9.16 Å². The maximum atomic E-state index is 13.1. The first-order valence-electron chi connectivity index (χ1n) is 12.3. The summed E-state index contributed by atoms with van der Waals surface area (Å²) in [5.41, 5.74) is -0.635. The Morgan fingerprint density at radius 1 is 0.943 bits per heavy atom. The number of aliphatic carboxylic acids is 1. The summed E-state index contributed by atoms with van der Waals surface area (Å²) < 4.78 is 12.7. The van der Waals surface area contributed by atoms with Gasteiger partial charge in [0.05, 0.1) is 18.6 Å². The number of likely N-dealkylation sites (tertiary alicyclic amines) is 1. The number of ether oxygens (including phenoxy) is 1. The maximum Gasteiger partial charge on any atom is 0.410 e. The van der Waals surface area contributed by atoms with Crippen LogP contribution in [0.2, 0.25) is 5.04 Å². The molecular weight excluding hydrogens is 458 g/mol. The fourth-order valence-corrected chi connectivity index (χ4v) is 9.57. The van der Waals surface area contributed by atoms with E-state index in [1.807, 2.05) is 57.2 Å². The van der Waals surface area contributed by atoms with Crippen LogP contribution in [-0.2, 0) is 14.0 Å². The van der Waals surface area contributed by atoms with Crippen LogP contribution in [0.25, 0.3) is 0 Å². The van der Waals surface area contributed by atoms with E-state index in [-0.39, 0.29) is 17.7 Å². The molecule has 2 aromatic rings. The minimum absolute atomic E-state index is 0.215. The third-order valence-electron chi connectivity index (χ3n) is 6.60. The van der Waals surface area contributed by atoms with E-state index in [1.165, 1.54) is 0 Å². The van der Waals surface area contributed by atoms with Crippen molar-refractivity contribution in [1.82, 2.24) is 4.90 Å². The number of hydrogen-bond acceptors (Lipinski definition) is 4. The van der Waals surface area contributed by atoms with E-state index in [0.29, 0.717) is 19.4 Å². The Bertz CT molecular complexity index is 958. The Morgan fingerprint density at radius 2 is 1.46 bits per heavy atom. The third kappa shape index (κ3) is 6.14. The van der Waals surface area contributed by atoms with Gasteiger partial charge in [0.15, 0.2) is 0 Å². The van der Waals surface area contributed by atoms with Gasteiger partial charge in [0.25, 0.3) is 8.32 Å². The highest BCUT2D eigenvalue weighted by Crippen LogP contribution is 2.37. The van der Waals surface area contributed by atoms with Gasteiger partial charge in [-0.3, -0.25) is 4.79 Å². The molecule has 0 saturated carbocycles. The minimum atomic E-state index is -2.82. The van der Waals surface area contributed by atoms with Crippen LogP contribution in [0.3, 0.4) is 0 Å². The van der Waals surface area contributed by atoms with Crippen molar-refractivity contribution in [3.05, 3.63) is 60.7 Å². The molecule has 1 aliphatic rings. The van der Waals surface area contributed by atoms with Crippen molar-refractivity contribution in [3.63, 3.8) is 0 Å². The fraction of sp³-hybridized carbons (Fsp3) is 0.500. The van der Waals surface area contributed by atoms with Gasteiger partial charge in [-0.15, -0.1) is 0 Å². The second-order valence-electron chi connectivity index (χ2n) is 11.4. The summed E-state index contributed by atoms with van der Waals surface area (Å²) in [4.78, 5) is 26.6. The number of hydrogen-bond donors (Lipinski definition) is 1. The second-order valence-corrected chi connectivity index (χ2v) is 15.7. The largest absolute Gasteiger partial charge is 0.481 e. The molecule has 6 nitrogen and oxygen atoms in total. The van der Waals surface area contributed by atoms with Gasteiger partial charge in [0, 0.05) is 6.54 Å². The lowest BCUT2D eigenvalue weighted by atomic mass is 9.91. The fourth-order valence-electron chi connectivity index (χ4n) is 4.98. The summed E-state index contributed by atoms with van der Waals surface area (Å²) in [6.45, 7) is 12.7. The summed E-state index contributed by atoms with van der Waals surface area (Å²) in [6, 6.07) is 20.2. The molecule has 1 heterocycles. The summed E-state index contributed by atoms with van der Waals surface area (Å²) in [7, 11) is -2.82. The quantitative estimate of drug-likeness (QED) is 0.588. The topological polar surface area (TPSA) is 76.1 Å². The average Bonchev–Trinajstić information content (AvgIpc) is 2.78. The van der Waals surface area contributed by atoms with E-state index in [2.05, 4.69) is 45.0 Å². The molecule has 1 N–H and O–H groups in total. The molecule has 7 heteroatoms. The SMILES string of the molecule is CC(C)(C)OC(=O)N1CC[C@@H](C(=O)O)C[C@@H]1CO[Si](c1ccccc1)(c1ccccc1)C(C)(C)C. The van der Waals surface area contributed by atoms with E-state index >= 15 is 0 Å². The smallest absolute Gasteiger partial charge is 0.410 e. The van der Waals surface area contributed by atoms with Gasteiger partial charge in [-0.2, -0.15) is 0 Å². The van der Waals surface area contributed by atoms with E-state index < -0.39 is 31.9 Å². The van der Waals surface area contributed by atoms with Gasteiger partial charge in [-0.1, -0.05) is 81.4 Å². The molecule has 2 aromatic carbocycles. The summed E-state index contributed by atoms with van der Waals surface area (Å²) in [6.07, 6.45) is 0.328. The van der Waals surface area contributed by atoms with Crippen LogP contribution in [0.5, 0.6) is 0 Å². The number of rotatable bonds is 6. The zero-order chi connectivity index (χ0) is 25.9. The molecule has 0 spiro atoms. The van der Waals surface area contributed by atoms with Crippen LogP contribution >= 0.6 is 0 Å². The van der Waals surface area contributed by atoms with Crippen LogP contribution in [0, 0.1) is 5.92 Å². The first-order valence-corrected chi connectivity index (χ1v) is 14.2. The van der Waals surface area contributed by atoms with Crippen molar-refractivity contribution in [3.8, 4) is 0 Å². The van der Waals surface area contributed by atoms with Crippen molar-refractivity contribution in [2.45, 2.75) is 71.1 Å². The van der Waals surface area contributed by atoms with E-state index in [9.17, 15) is 14.7 Å². The Labute approximate surface area is 210 Å². The molecule has 190 valence electrons. The van der Waals surface area contributed by atoms with Crippen LogP contribution in [-0.4, -0.2) is 55.2 Å². The van der Waals surface area contributed by atoms with Crippen LogP contribution in [0.4, 0.5) is 4.79 Å². The van der Waals surface area contributed by atoms with Gasteiger partial charge in [0.1, 0.15) is 5.60 Å². The highest BCUT2D eigenvalue weighted by Gasteiger charge is 2.51. The average molecular weight is 498 g/mol. The number of carbonyl (C=O) groups excluding carboxylic acids is 1. The summed E-state index contributed by atoms with van der Waals surface area (Å²) >= 11 is 0. The van der Waals surface area contributed by atoms with Gasteiger partial charge in [0.2, 0.25) is 0 Å². The Balaban J connectivity index is 2.01. The van der Waals surface area contributed by atoms with Crippen molar-refractivity contribution < 1.29 is 23.9 Å². The van der Waals surface area contributed by atoms with Crippen LogP contribution in [0.1, 0.15) is 54.4 Å². The molecule has 0 radical (unpaired) electrons. The van der Waals surface area contributed by atoms with Crippen molar-refractivity contribution in [2.75, 3.05) is 13.2 Å². The number of nitrogens with zero attached hydrogens (tertiary/aromatic N) is 1. The molecular formula is C28H39NO5Si. The van der Waals surface area contributed by atoms with Gasteiger partial charge >= 0.3 is 12.1 Å². The third-order valence-corrected chi connectivity index (χ3v) is 11.6. The number of amides is 1. The Hall–Kier alpha value is -2.64. The number of carboxylic acids is 1. The normalized spacial score (nSPS) is 19.3. The predicted molar refractivity (Wildman–Crippen MR) is 141 cm³/mol. The Kier molecular flexibility index (Phi) is 8.12. The zero-order valence-electron chi connectivity index (χ0n) is 21.8. The van der Waals surface area contributed by atoms with Gasteiger partial charge < -0.3 is 19.2 Å². The molecule has 0 bridgehead atoms. The summed E-state index contributed by atoms with van der Waals surface area (Å²) in [5.74, 6) is -1.34. The molecule has 3 rings (SSSR count). The molecule has 1 aliphatic heterocycles. The lowest BCUT2D eigenvalue weighted by molar-refractivity contribution is -0.144. The number of carbonyl (C=O) groups is 2. The van der Waals surface area contributed by atoms with Crippen molar-refractivity contribution in [1.29, 1.82) is 0 Å². The van der Waals surface area contributed by atoms with Gasteiger partial charge in [-0.05, 0) is 49.0 Å². The second kappa shape index (κ2) is 10.5. The summed E-state index contributed by atoms with van der Waals surface area (Å²) in [5, 5.41) is 11.8.